The molecule has 2 rings (SSSR count). The average Bonchev–Trinajstić information content (AvgIpc) is 2.48. The van der Waals surface area contributed by atoms with Crippen LogP contribution in [-0.4, -0.2) is 12.8 Å². The highest BCUT2D eigenvalue weighted by molar-refractivity contribution is 7.99. The minimum atomic E-state index is -0.757. The number of thioether (sulfide) groups is 1. The van der Waals surface area contributed by atoms with Gasteiger partial charge in [-0.15, -0.1) is 11.8 Å². The fourth-order valence-electron chi connectivity index (χ4n) is 1.95. The van der Waals surface area contributed by atoms with Crippen molar-refractivity contribution in [2.75, 3.05) is 12.8 Å². The minimum absolute atomic E-state index is 0.227. The van der Waals surface area contributed by atoms with E-state index in [0.29, 0.717) is 16.9 Å². The summed E-state index contributed by atoms with van der Waals surface area (Å²) in [6.07, 6.45) is 0. The summed E-state index contributed by atoms with van der Waals surface area (Å²) in [4.78, 5) is 1.11. The Labute approximate surface area is 122 Å². The Bertz CT molecular complexity index is 572. The van der Waals surface area contributed by atoms with Crippen molar-refractivity contribution in [1.82, 2.24) is 5.32 Å². The molecule has 2 aromatic rings. The lowest BCUT2D eigenvalue weighted by Crippen LogP contribution is -2.20. The standard InChI is InChI=1S/C16H17F2NS/c1-11-8-9-13(16(18)15(11)17)14(19-2)10-20-12-6-4-3-5-7-12/h3-9,14,19H,10H2,1-2H3. The van der Waals surface area contributed by atoms with E-state index in [9.17, 15) is 8.78 Å². The van der Waals surface area contributed by atoms with Crippen molar-refractivity contribution in [3.05, 3.63) is 65.2 Å². The molecule has 0 saturated carbocycles. The summed E-state index contributed by atoms with van der Waals surface area (Å²) < 4.78 is 27.6. The number of rotatable bonds is 5. The van der Waals surface area contributed by atoms with Crippen LogP contribution in [0.4, 0.5) is 8.78 Å². The monoisotopic (exact) mass is 293 g/mol. The normalized spacial score (nSPS) is 12.4. The van der Waals surface area contributed by atoms with E-state index in [4.69, 9.17) is 0 Å². The Balaban J connectivity index is 2.15. The molecule has 0 aliphatic carbocycles. The first-order valence-electron chi connectivity index (χ1n) is 6.43. The second kappa shape index (κ2) is 6.86. The van der Waals surface area contributed by atoms with Crippen molar-refractivity contribution in [1.29, 1.82) is 0 Å². The molecule has 2 aromatic carbocycles. The van der Waals surface area contributed by atoms with E-state index in [2.05, 4.69) is 5.32 Å². The zero-order chi connectivity index (χ0) is 14.5. The molecule has 1 atom stereocenters. The first kappa shape index (κ1) is 15.0. The molecule has 0 fully saturated rings. The number of halogens is 2. The van der Waals surface area contributed by atoms with Crippen molar-refractivity contribution in [2.24, 2.45) is 0 Å². The molecule has 1 N–H and O–H groups in total. The maximum absolute atomic E-state index is 14.0. The molecule has 0 bridgehead atoms. The molecule has 4 heteroatoms. The summed E-state index contributed by atoms with van der Waals surface area (Å²) in [7, 11) is 1.76. The van der Waals surface area contributed by atoms with Crippen LogP contribution in [0.1, 0.15) is 17.2 Å². The maximum atomic E-state index is 14.0. The van der Waals surface area contributed by atoms with Crippen molar-refractivity contribution in [3.63, 3.8) is 0 Å². The van der Waals surface area contributed by atoms with Gasteiger partial charge in [-0.2, -0.15) is 0 Å². The molecular weight excluding hydrogens is 276 g/mol. The van der Waals surface area contributed by atoms with Gasteiger partial charge in [-0.25, -0.2) is 8.78 Å². The van der Waals surface area contributed by atoms with E-state index in [1.165, 1.54) is 0 Å². The van der Waals surface area contributed by atoms with Crippen LogP contribution in [0.5, 0.6) is 0 Å². The van der Waals surface area contributed by atoms with Gasteiger partial charge in [0.1, 0.15) is 0 Å². The fourth-order valence-corrected chi connectivity index (χ4v) is 3.01. The third-order valence-corrected chi connectivity index (χ3v) is 4.29. The number of hydrogen-bond donors (Lipinski definition) is 1. The highest BCUT2D eigenvalue weighted by atomic mass is 32.2. The number of benzene rings is 2. The number of nitrogens with one attached hydrogen (secondary N) is 1. The van der Waals surface area contributed by atoms with Crippen LogP contribution in [0.3, 0.4) is 0 Å². The first-order valence-corrected chi connectivity index (χ1v) is 7.41. The van der Waals surface area contributed by atoms with E-state index in [1.54, 1.807) is 37.9 Å². The molecular formula is C16H17F2NS. The highest BCUT2D eigenvalue weighted by Crippen LogP contribution is 2.27. The Kier molecular flexibility index (Phi) is 5.15. The molecule has 0 amide bonds. The molecule has 0 spiro atoms. The lowest BCUT2D eigenvalue weighted by atomic mass is 10.1. The summed E-state index contributed by atoms with van der Waals surface area (Å²) >= 11 is 1.62. The molecule has 0 radical (unpaired) electrons. The molecule has 0 saturated heterocycles. The van der Waals surface area contributed by atoms with Crippen LogP contribution in [0, 0.1) is 18.6 Å². The average molecular weight is 293 g/mol. The molecule has 0 aliphatic heterocycles. The number of aryl methyl sites for hydroxylation is 1. The Morgan fingerprint density at radius 3 is 2.40 bits per heavy atom. The van der Waals surface area contributed by atoms with Gasteiger partial charge in [-0.1, -0.05) is 30.3 Å². The van der Waals surface area contributed by atoms with Gasteiger partial charge >= 0.3 is 0 Å². The molecule has 20 heavy (non-hydrogen) atoms. The maximum Gasteiger partial charge on any atom is 0.163 e. The molecule has 106 valence electrons. The van der Waals surface area contributed by atoms with Crippen LogP contribution >= 0.6 is 11.8 Å². The van der Waals surface area contributed by atoms with Gasteiger partial charge in [0.15, 0.2) is 11.6 Å². The van der Waals surface area contributed by atoms with Gasteiger partial charge in [0, 0.05) is 22.3 Å². The minimum Gasteiger partial charge on any atom is -0.312 e. The van der Waals surface area contributed by atoms with Crippen LogP contribution < -0.4 is 5.32 Å². The fraction of sp³-hybridized carbons (Fsp3) is 0.250. The van der Waals surface area contributed by atoms with Crippen molar-refractivity contribution >= 4 is 11.8 Å². The van der Waals surface area contributed by atoms with Gasteiger partial charge < -0.3 is 5.32 Å². The van der Waals surface area contributed by atoms with Gasteiger partial charge in [0.2, 0.25) is 0 Å². The second-order valence-corrected chi connectivity index (χ2v) is 5.66. The topological polar surface area (TPSA) is 12.0 Å². The third-order valence-electron chi connectivity index (χ3n) is 3.19. The van der Waals surface area contributed by atoms with Gasteiger partial charge in [0.25, 0.3) is 0 Å². The Morgan fingerprint density at radius 2 is 1.75 bits per heavy atom. The highest BCUT2D eigenvalue weighted by Gasteiger charge is 2.18. The summed E-state index contributed by atoms with van der Waals surface area (Å²) in [6, 6.07) is 12.9. The van der Waals surface area contributed by atoms with Crippen molar-refractivity contribution < 1.29 is 8.78 Å². The molecule has 1 unspecified atom stereocenters. The molecule has 0 heterocycles. The Hall–Kier alpha value is -1.39. The molecule has 0 aromatic heterocycles. The van der Waals surface area contributed by atoms with Gasteiger partial charge in [-0.3, -0.25) is 0 Å². The van der Waals surface area contributed by atoms with Crippen molar-refractivity contribution in [3.8, 4) is 0 Å². The summed E-state index contributed by atoms with van der Waals surface area (Å²) in [5.74, 6) is -0.870. The lowest BCUT2D eigenvalue weighted by Gasteiger charge is -2.18. The first-order chi connectivity index (χ1) is 9.63. The van der Waals surface area contributed by atoms with E-state index in [0.717, 1.165) is 4.90 Å². The van der Waals surface area contributed by atoms with Crippen LogP contribution in [-0.2, 0) is 0 Å². The smallest absolute Gasteiger partial charge is 0.163 e. The predicted molar refractivity (Wildman–Crippen MR) is 80.1 cm³/mol. The van der Waals surface area contributed by atoms with E-state index < -0.39 is 11.6 Å². The van der Waals surface area contributed by atoms with Crippen molar-refractivity contribution in [2.45, 2.75) is 17.9 Å². The zero-order valence-corrected chi connectivity index (χ0v) is 12.3. The van der Waals surface area contributed by atoms with Gasteiger partial charge in [0.05, 0.1) is 0 Å². The van der Waals surface area contributed by atoms with Crippen LogP contribution in [0.2, 0.25) is 0 Å². The largest absolute Gasteiger partial charge is 0.312 e. The SMILES string of the molecule is CNC(CSc1ccccc1)c1ccc(C)c(F)c1F. The van der Waals surface area contributed by atoms with Crippen LogP contribution in [0.15, 0.2) is 47.4 Å². The molecule has 1 nitrogen and oxygen atoms in total. The van der Waals surface area contributed by atoms with Gasteiger partial charge in [-0.05, 0) is 31.7 Å². The third kappa shape index (κ3) is 3.38. The summed E-state index contributed by atoms with van der Waals surface area (Å²) in [6.45, 7) is 1.56. The van der Waals surface area contributed by atoms with E-state index in [-0.39, 0.29) is 6.04 Å². The van der Waals surface area contributed by atoms with E-state index >= 15 is 0 Å². The number of hydrogen-bond acceptors (Lipinski definition) is 2. The molecule has 0 aliphatic rings. The lowest BCUT2D eigenvalue weighted by molar-refractivity contribution is 0.479. The summed E-state index contributed by atoms with van der Waals surface area (Å²) in [5, 5.41) is 3.05. The summed E-state index contributed by atoms with van der Waals surface area (Å²) in [5.41, 5.74) is 0.704. The van der Waals surface area contributed by atoms with E-state index in [1.807, 2.05) is 30.3 Å². The zero-order valence-electron chi connectivity index (χ0n) is 11.5. The van der Waals surface area contributed by atoms with Crippen LogP contribution in [0.25, 0.3) is 0 Å². The Morgan fingerprint density at radius 1 is 1.05 bits per heavy atom. The quantitative estimate of drug-likeness (QED) is 0.824. The predicted octanol–water partition coefficient (Wildman–Crippen LogP) is 4.33. The second-order valence-electron chi connectivity index (χ2n) is 4.56.